The van der Waals surface area contributed by atoms with Gasteiger partial charge in [-0.25, -0.2) is 4.39 Å². The van der Waals surface area contributed by atoms with Gasteiger partial charge in [-0.15, -0.1) is 54.1 Å². The van der Waals surface area contributed by atoms with Crippen LogP contribution in [-0.4, -0.2) is 18.0 Å². The van der Waals surface area contributed by atoms with Crippen molar-refractivity contribution in [3.63, 3.8) is 0 Å². The largest absolute Gasteiger partial charge is 0.500 e. The zero-order valence-corrected chi connectivity index (χ0v) is 31.5. The molecule has 3 heterocycles. The van der Waals surface area contributed by atoms with Crippen LogP contribution in [0.15, 0.2) is 89.6 Å². The van der Waals surface area contributed by atoms with Gasteiger partial charge in [-0.1, -0.05) is 88.5 Å². The summed E-state index contributed by atoms with van der Waals surface area (Å²) >= 11 is 0. The summed E-state index contributed by atoms with van der Waals surface area (Å²) in [4.78, 5) is 9.20. The van der Waals surface area contributed by atoms with Gasteiger partial charge in [0.25, 0.3) is 0 Å². The first-order valence-electron chi connectivity index (χ1n) is 15.7. The molecular weight excluding hydrogens is 764 g/mol. The SMILES string of the molecule is CC(C)(C)Cc1cc(-c2[c-]cccc2)ncc1[Si](C)(C)C.CC(C)Cc1ccnc(-c2[c-]ccc3c2oc2cc(F)ccc23)c1.[Ir]. The molecule has 3 aromatic carbocycles. The first-order chi connectivity index (χ1) is 21.3. The molecular formula is C40H43FIrN2OSi-2. The molecule has 0 amide bonds. The Morgan fingerprint density at radius 1 is 0.870 bits per heavy atom. The standard InChI is InChI=1S/C21H17FNO.C19H26NSi.Ir/c1-13(2)10-14-8-9-23-19(11-14)18-5-3-4-17-16-7-6-15(22)12-20(16)24-21(17)18;1-19(2,3)13-16-12-17(15-10-8-7-9-11-15)20-14-18(16)21(4,5)6;/h3-4,6-9,11-13H,10H2,1-2H3;7-10,12,14H,13H2,1-6H3;/q2*-1;. The predicted octanol–water partition coefficient (Wildman–Crippen LogP) is 10.5. The van der Waals surface area contributed by atoms with Crippen LogP contribution in [0, 0.1) is 29.3 Å². The molecule has 0 fully saturated rings. The Labute approximate surface area is 288 Å². The molecule has 0 unspecified atom stereocenters. The monoisotopic (exact) mass is 807 g/mol. The number of fused-ring (bicyclic) bond motifs is 3. The van der Waals surface area contributed by atoms with Crippen LogP contribution in [0.1, 0.15) is 45.7 Å². The summed E-state index contributed by atoms with van der Waals surface area (Å²) in [5.41, 5.74) is 8.00. The number of pyridine rings is 2. The molecule has 46 heavy (non-hydrogen) atoms. The van der Waals surface area contributed by atoms with Crippen molar-refractivity contribution in [3.05, 3.63) is 114 Å². The number of benzene rings is 3. The first kappa shape index (κ1) is 35.4. The van der Waals surface area contributed by atoms with Crippen molar-refractivity contribution in [1.29, 1.82) is 0 Å². The topological polar surface area (TPSA) is 38.9 Å². The fourth-order valence-corrected chi connectivity index (χ4v) is 7.28. The Morgan fingerprint density at radius 3 is 2.33 bits per heavy atom. The molecule has 0 N–H and O–H groups in total. The van der Waals surface area contributed by atoms with E-state index in [1.165, 1.54) is 28.4 Å². The van der Waals surface area contributed by atoms with E-state index in [-0.39, 0.29) is 31.3 Å². The number of hydrogen-bond acceptors (Lipinski definition) is 3. The number of halogens is 1. The molecule has 3 nitrogen and oxygen atoms in total. The van der Waals surface area contributed by atoms with Crippen LogP contribution in [0.4, 0.5) is 4.39 Å². The molecule has 6 heteroatoms. The number of hydrogen-bond donors (Lipinski definition) is 0. The van der Waals surface area contributed by atoms with E-state index in [0.29, 0.717) is 17.1 Å². The normalized spacial score (nSPS) is 11.8. The summed E-state index contributed by atoms with van der Waals surface area (Å²) in [5.74, 6) is 0.276. The molecule has 0 saturated carbocycles. The summed E-state index contributed by atoms with van der Waals surface area (Å²) in [6, 6.07) is 29.4. The van der Waals surface area contributed by atoms with Crippen LogP contribution in [0.3, 0.4) is 0 Å². The van der Waals surface area contributed by atoms with E-state index in [9.17, 15) is 4.39 Å². The molecule has 0 aliphatic rings. The summed E-state index contributed by atoms with van der Waals surface area (Å²) in [6.07, 6.45) is 6.03. The van der Waals surface area contributed by atoms with Crippen molar-refractivity contribution in [2.75, 3.05) is 0 Å². The molecule has 0 aliphatic heterocycles. The van der Waals surface area contributed by atoms with E-state index in [0.717, 1.165) is 46.1 Å². The van der Waals surface area contributed by atoms with Crippen molar-refractivity contribution in [2.45, 2.75) is 67.1 Å². The van der Waals surface area contributed by atoms with E-state index in [4.69, 9.17) is 9.40 Å². The second-order valence-electron chi connectivity index (χ2n) is 14.5. The Hall–Kier alpha value is -3.44. The smallest absolute Gasteiger partial charge is 0.126 e. The third-order valence-corrected chi connectivity index (χ3v) is 9.69. The van der Waals surface area contributed by atoms with Crippen LogP contribution in [-0.2, 0) is 32.9 Å². The average molecular weight is 807 g/mol. The first-order valence-corrected chi connectivity index (χ1v) is 19.2. The van der Waals surface area contributed by atoms with Gasteiger partial charge in [0.05, 0.1) is 13.7 Å². The fourth-order valence-electron chi connectivity index (χ4n) is 5.71. The van der Waals surface area contributed by atoms with Crippen molar-refractivity contribution >= 4 is 35.2 Å². The van der Waals surface area contributed by atoms with Gasteiger partial charge in [0, 0.05) is 44.0 Å². The molecule has 6 rings (SSSR count). The third kappa shape index (κ3) is 8.67. The quantitative estimate of drug-likeness (QED) is 0.124. The average Bonchev–Trinajstić information content (AvgIpc) is 3.34. The minimum Gasteiger partial charge on any atom is -0.500 e. The molecule has 0 atom stereocenters. The van der Waals surface area contributed by atoms with Crippen LogP contribution >= 0.6 is 0 Å². The molecule has 1 radical (unpaired) electrons. The van der Waals surface area contributed by atoms with Crippen molar-refractivity contribution in [2.24, 2.45) is 11.3 Å². The second-order valence-corrected chi connectivity index (χ2v) is 19.5. The summed E-state index contributed by atoms with van der Waals surface area (Å²) in [5, 5.41) is 3.34. The molecule has 6 aromatic rings. The maximum atomic E-state index is 13.5. The molecule has 0 bridgehead atoms. The maximum absolute atomic E-state index is 13.5. The number of furan rings is 1. The van der Waals surface area contributed by atoms with Crippen LogP contribution in [0.5, 0.6) is 0 Å². The Balaban J connectivity index is 0.000000207. The Bertz CT molecular complexity index is 1920. The zero-order chi connectivity index (χ0) is 32.4. The van der Waals surface area contributed by atoms with Crippen molar-refractivity contribution in [1.82, 2.24) is 9.97 Å². The number of nitrogens with zero attached hydrogens (tertiary/aromatic N) is 2. The van der Waals surface area contributed by atoms with E-state index in [2.05, 4.69) is 95.8 Å². The molecule has 0 spiro atoms. The number of rotatable bonds is 6. The van der Waals surface area contributed by atoms with Crippen molar-refractivity contribution in [3.8, 4) is 22.5 Å². The van der Waals surface area contributed by atoms with Gasteiger partial charge in [-0.05, 0) is 58.9 Å². The summed E-state index contributed by atoms with van der Waals surface area (Å²) in [7, 11) is -1.37. The Morgan fingerprint density at radius 2 is 1.65 bits per heavy atom. The molecule has 241 valence electrons. The van der Waals surface area contributed by atoms with Gasteiger partial charge in [0.1, 0.15) is 11.4 Å². The minimum atomic E-state index is -1.37. The summed E-state index contributed by atoms with van der Waals surface area (Å²) in [6.45, 7) is 18.5. The molecule has 0 saturated heterocycles. The second kappa shape index (κ2) is 14.5. The number of aromatic nitrogens is 2. The van der Waals surface area contributed by atoms with Crippen LogP contribution in [0.2, 0.25) is 19.6 Å². The maximum Gasteiger partial charge on any atom is 0.126 e. The van der Waals surface area contributed by atoms with Gasteiger partial charge < -0.3 is 14.4 Å². The Kier molecular flexibility index (Phi) is 11.2. The zero-order valence-electron chi connectivity index (χ0n) is 28.1. The summed E-state index contributed by atoms with van der Waals surface area (Å²) < 4.78 is 19.4. The molecule has 3 aromatic heterocycles. The van der Waals surface area contributed by atoms with Gasteiger partial charge >= 0.3 is 0 Å². The predicted molar refractivity (Wildman–Crippen MR) is 189 cm³/mol. The van der Waals surface area contributed by atoms with Gasteiger partial charge in [-0.2, -0.15) is 0 Å². The van der Waals surface area contributed by atoms with Gasteiger partial charge in [0.15, 0.2) is 0 Å². The van der Waals surface area contributed by atoms with E-state index < -0.39 is 8.07 Å². The van der Waals surface area contributed by atoms with Crippen LogP contribution < -0.4 is 5.19 Å². The van der Waals surface area contributed by atoms with Crippen molar-refractivity contribution < 1.29 is 28.9 Å². The fraction of sp³-hybridized carbons (Fsp3) is 0.300. The van der Waals surface area contributed by atoms with E-state index in [1.807, 2.05) is 42.6 Å². The van der Waals surface area contributed by atoms with Gasteiger partial charge in [-0.3, -0.25) is 0 Å². The van der Waals surface area contributed by atoms with Gasteiger partial charge in [0.2, 0.25) is 0 Å². The van der Waals surface area contributed by atoms with E-state index >= 15 is 0 Å². The van der Waals surface area contributed by atoms with E-state index in [1.54, 1.807) is 6.07 Å². The molecule has 0 aliphatic carbocycles. The third-order valence-electron chi connectivity index (χ3n) is 7.62. The minimum absolute atomic E-state index is 0. The van der Waals surface area contributed by atoms with Crippen LogP contribution in [0.25, 0.3) is 44.5 Å².